The summed E-state index contributed by atoms with van der Waals surface area (Å²) >= 11 is 0. The first-order valence-corrected chi connectivity index (χ1v) is 5.20. The monoisotopic (exact) mass is 211 g/mol. The molecule has 1 aromatic rings. The summed E-state index contributed by atoms with van der Waals surface area (Å²) in [4.78, 5) is 0. The minimum Gasteiger partial charge on any atom is -0.497 e. The van der Waals surface area contributed by atoms with Crippen molar-refractivity contribution in [1.29, 1.82) is 0 Å². The Kier molecular flexibility index (Phi) is 4.09. The van der Waals surface area contributed by atoms with Crippen molar-refractivity contribution in [3.8, 4) is 5.75 Å². The van der Waals surface area contributed by atoms with Crippen molar-refractivity contribution in [3.63, 3.8) is 0 Å². The largest absolute Gasteiger partial charge is 0.497 e. The Hall–Kier alpha value is -1.09. The summed E-state index contributed by atoms with van der Waals surface area (Å²) in [7, 11) is 1.57. The minimum atomic E-state index is -1.43. The van der Waals surface area contributed by atoms with E-state index in [1.165, 1.54) is 0 Å². The highest BCUT2D eigenvalue weighted by atomic mass is 19.1. The second-order valence-corrected chi connectivity index (χ2v) is 3.65. The van der Waals surface area contributed by atoms with Crippen LogP contribution in [-0.4, -0.2) is 13.7 Å². The van der Waals surface area contributed by atoms with Crippen molar-refractivity contribution in [3.05, 3.63) is 29.8 Å². The molecule has 0 heterocycles. The smallest absolute Gasteiger partial charge is 0.148 e. The van der Waals surface area contributed by atoms with Crippen LogP contribution in [0.2, 0.25) is 0 Å². The fraction of sp³-hybridized carbons (Fsp3) is 0.500. The van der Waals surface area contributed by atoms with Crippen LogP contribution in [0.3, 0.4) is 0 Å². The molecular weight excluding hydrogens is 193 g/mol. The van der Waals surface area contributed by atoms with Crippen LogP contribution in [0.25, 0.3) is 0 Å². The molecule has 84 valence electrons. The lowest BCUT2D eigenvalue weighted by molar-refractivity contribution is 0.159. The van der Waals surface area contributed by atoms with E-state index < -0.39 is 5.67 Å². The molecule has 0 aromatic heterocycles. The Labute approximate surface area is 90.2 Å². The first kappa shape index (κ1) is 12.0. The lowest BCUT2D eigenvalue weighted by Gasteiger charge is -2.23. The van der Waals surface area contributed by atoms with Gasteiger partial charge in [0.1, 0.15) is 11.4 Å². The average Bonchev–Trinajstić information content (AvgIpc) is 2.29. The second kappa shape index (κ2) is 5.12. The van der Waals surface area contributed by atoms with Crippen molar-refractivity contribution >= 4 is 0 Å². The lowest BCUT2D eigenvalue weighted by atomic mass is 9.91. The van der Waals surface area contributed by atoms with Crippen LogP contribution in [0, 0.1) is 0 Å². The summed E-state index contributed by atoms with van der Waals surface area (Å²) in [5.41, 5.74) is 4.68. The van der Waals surface area contributed by atoms with Gasteiger partial charge >= 0.3 is 0 Å². The topological polar surface area (TPSA) is 35.2 Å². The molecule has 1 atom stereocenters. The molecule has 0 aliphatic heterocycles. The predicted octanol–water partition coefficient (Wildman–Crippen LogP) is 2.62. The first-order valence-electron chi connectivity index (χ1n) is 5.20. The van der Waals surface area contributed by atoms with E-state index >= 15 is 0 Å². The predicted molar refractivity (Wildman–Crippen MR) is 59.7 cm³/mol. The Morgan fingerprint density at radius 3 is 2.73 bits per heavy atom. The summed E-state index contributed by atoms with van der Waals surface area (Å²) in [6, 6.07) is 7.05. The number of hydrogen-bond acceptors (Lipinski definition) is 2. The van der Waals surface area contributed by atoms with Crippen molar-refractivity contribution in [1.82, 2.24) is 0 Å². The molecule has 1 unspecified atom stereocenters. The molecule has 1 aromatic carbocycles. The molecule has 2 N–H and O–H groups in total. The summed E-state index contributed by atoms with van der Waals surface area (Å²) in [6.07, 6.45) is 1.21. The highest BCUT2D eigenvalue weighted by Gasteiger charge is 2.29. The second-order valence-electron chi connectivity index (χ2n) is 3.65. The van der Waals surface area contributed by atoms with Crippen molar-refractivity contribution < 1.29 is 9.13 Å². The van der Waals surface area contributed by atoms with Gasteiger partial charge in [-0.05, 0) is 24.1 Å². The minimum absolute atomic E-state index is 0.00794. The molecule has 15 heavy (non-hydrogen) atoms. The zero-order valence-electron chi connectivity index (χ0n) is 9.29. The Morgan fingerprint density at radius 1 is 1.47 bits per heavy atom. The zero-order chi connectivity index (χ0) is 11.3. The van der Waals surface area contributed by atoms with E-state index in [1.807, 2.05) is 6.92 Å². The van der Waals surface area contributed by atoms with Crippen molar-refractivity contribution in [2.45, 2.75) is 25.4 Å². The molecule has 1 rings (SSSR count). The molecule has 0 aliphatic rings. The molecule has 0 saturated heterocycles. The SMILES string of the molecule is CCCC(F)(CN)c1cccc(OC)c1. The van der Waals surface area contributed by atoms with Gasteiger partial charge in [0, 0.05) is 6.54 Å². The van der Waals surface area contributed by atoms with E-state index in [0.29, 0.717) is 17.7 Å². The van der Waals surface area contributed by atoms with E-state index in [1.54, 1.807) is 31.4 Å². The van der Waals surface area contributed by atoms with Gasteiger partial charge in [0.25, 0.3) is 0 Å². The number of methoxy groups -OCH3 is 1. The van der Waals surface area contributed by atoms with E-state index in [4.69, 9.17) is 10.5 Å². The van der Waals surface area contributed by atoms with Crippen LogP contribution in [-0.2, 0) is 5.67 Å². The fourth-order valence-corrected chi connectivity index (χ4v) is 1.66. The summed E-state index contributed by atoms with van der Waals surface area (Å²) in [5.74, 6) is 0.666. The van der Waals surface area contributed by atoms with Crippen LogP contribution >= 0.6 is 0 Å². The van der Waals surface area contributed by atoms with Crippen LogP contribution in [0.4, 0.5) is 4.39 Å². The molecule has 0 aliphatic carbocycles. The molecule has 0 fully saturated rings. The maximum absolute atomic E-state index is 14.4. The number of alkyl halides is 1. The Morgan fingerprint density at radius 2 is 2.20 bits per heavy atom. The van der Waals surface area contributed by atoms with Gasteiger partial charge in [-0.3, -0.25) is 0 Å². The normalized spacial score (nSPS) is 14.7. The van der Waals surface area contributed by atoms with E-state index in [2.05, 4.69) is 0 Å². The maximum atomic E-state index is 14.4. The van der Waals surface area contributed by atoms with Gasteiger partial charge in [0.05, 0.1) is 7.11 Å². The summed E-state index contributed by atoms with van der Waals surface area (Å²) < 4.78 is 19.5. The summed E-state index contributed by atoms with van der Waals surface area (Å²) in [5, 5.41) is 0. The molecule has 2 nitrogen and oxygen atoms in total. The van der Waals surface area contributed by atoms with Crippen molar-refractivity contribution in [2.24, 2.45) is 5.73 Å². The third kappa shape index (κ3) is 2.69. The van der Waals surface area contributed by atoms with Crippen molar-refractivity contribution in [2.75, 3.05) is 13.7 Å². The highest BCUT2D eigenvalue weighted by molar-refractivity contribution is 5.32. The maximum Gasteiger partial charge on any atom is 0.148 e. The zero-order valence-corrected chi connectivity index (χ0v) is 9.29. The van der Waals surface area contributed by atoms with Gasteiger partial charge in [-0.25, -0.2) is 4.39 Å². The first-order chi connectivity index (χ1) is 7.16. The molecule has 0 spiro atoms. The van der Waals surface area contributed by atoms with Gasteiger partial charge in [0.2, 0.25) is 0 Å². The molecular formula is C12H18FNO. The van der Waals surface area contributed by atoms with Gasteiger partial charge in [-0.15, -0.1) is 0 Å². The Bertz CT molecular complexity index is 316. The van der Waals surface area contributed by atoms with Crippen LogP contribution in [0.5, 0.6) is 5.75 Å². The van der Waals surface area contributed by atoms with Gasteiger partial charge < -0.3 is 10.5 Å². The van der Waals surface area contributed by atoms with Gasteiger partial charge in [-0.1, -0.05) is 25.5 Å². The number of ether oxygens (including phenoxy) is 1. The number of nitrogens with two attached hydrogens (primary N) is 1. The average molecular weight is 211 g/mol. The van der Waals surface area contributed by atoms with Crippen LogP contribution in [0.15, 0.2) is 24.3 Å². The molecule has 0 bridgehead atoms. The summed E-state index contributed by atoms with van der Waals surface area (Å²) in [6.45, 7) is 1.96. The number of rotatable bonds is 5. The third-order valence-corrected chi connectivity index (χ3v) is 2.56. The van der Waals surface area contributed by atoms with Crippen LogP contribution in [0.1, 0.15) is 25.3 Å². The van der Waals surface area contributed by atoms with Gasteiger partial charge in [0.15, 0.2) is 0 Å². The molecule has 0 amide bonds. The molecule has 0 saturated carbocycles. The number of halogens is 1. The standard InChI is InChI=1S/C12H18FNO/c1-3-7-12(13,9-14)10-5-4-6-11(8-10)15-2/h4-6,8H,3,7,9,14H2,1-2H3. The lowest BCUT2D eigenvalue weighted by Crippen LogP contribution is -2.30. The van der Waals surface area contributed by atoms with E-state index in [9.17, 15) is 4.39 Å². The third-order valence-electron chi connectivity index (χ3n) is 2.56. The fourth-order valence-electron chi connectivity index (χ4n) is 1.66. The Balaban J connectivity index is 3.00. The highest BCUT2D eigenvalue weighted by Crippen LogP contribution is 2.31. The van der Waals surface area contributed by atoms with E-state index in [-0.39, 0.29) is 6.54 Å². The quantitative estimate of drug-likeness (QED) is 0.812. The number of benzene rings is 1. The number of hydrogen-bond donors (Lipinski definition) is 1. The molecule has 0 radical (unpaired) electrons. The molecule has 3 heteroatoms. The van der Waals surface area contributed by atoms with E-state index in [0.717, 1.165) is 6.42 Å². The van der Waals surface area contributed by atoms with Gasteiger partial charge in [-0.2, -0.15) is 0 Å². The van der Waals surface area contributed by atoms with Crippen LogP contribution < -0.4 is 10.5 Å².